The number of anilines is 1. The quantitative estimate of drug-likeness (QED) is 0.530. The predicted octanol–water partition coefficient (Wildman–Crippen LogP) is 4.30. The molecule has 0 aliphatic carbocycles. The van der Waals surface area contributed by atoms with Crippen molar-refractivity contribution in [1.82, 2.24) is 15.0 Å². The largest absolute Gasteiger partial charge is 0.321 e. The van der Waals surface area contributed by atoms with Crippen molar-refractivity contribution in [1.29, 1.82) is 5.26 Å². The number of carbonyl (C=O) groups is 1. The van der Waals surface area contributed by atoms with Gasteiger partial charge >= 0.3 is 0 Å². The normalized spacial score (nSPS) is 13.7. The second-order valence-corrected chi connectivity index (χ2v) is 6.89. The molecule has 0 unspecified atom stereocenters. The molecule has 0 fully saturated rings. The summed E-state index contributed by atoms with van der Waals surface area (Å²) < 4.78 is 1.64. The van der Waals surface area contributed by atoms with Gasteiger partial charge in [0.25, 0.3) is 5.91 Å². The summed E-state index contributed by atoms with van der Waals surface area (Å²) >= 11 is 0. The van der Waals surface area contributed by atoms with E-state index in [2.05, 4.69) is 21.7 Å². The summed E-state index contributed by atoms with van der Waals surface area (Å²) in [5.74, 6) is -0.0946. The third kappa shape index (κ3) is 3.15. The molecule has 0 atom stereocenters. The molecular weight excluding hydrogens is 374 g/mol. The van der Waals surface area contributed by atoms with E-state index in [1.807, 2.05) is 72.9 Å². The van der Waals surface area contributed by atoms with Gasteiger partial charge < -0.3 is 5.32 Å². The minimum Gasteiger partial charge on any atom is -0.321 e. The van der Waals surface area contributed by atoms with E-state index >= 15 is 0 Å². The lowest BCUT2D eigenvalue weighted by molar-refractivity contribution is -0.110. The van der Waals surface area contributed by atoms with E-state index in [9.17, 15) is 4.79 Å². The number of para-hydroxylation sites is 1. The number of hydrogen-bond donors (Lipinski definition) is 1. The van der Waals surface area contributed by atoms with Gasteiger partial charge in [-0.05, 0) is 35.9 Å². The Bertz CT molecular complexity index is 1340. The van der Waals surface area contributed by atoms with Crippen LogP contribution < -0.4 is 5.32 Å². The van der Waals surface area contributed by atoms with Crippen molar-refractivity contribution in [3.63, 3.8) is 0 Å². The molecule has 3 aromatic carbocycles. The average molecular weight is 389 g/mol. The Balaban J connectivity index is 1.42. The fourth-order valence-electron chi connectivity index (χ4n) is 3.44. The molecule has 1 aliphatic heterocycles. The highest BCUT2D eigenvalue weighted by Crippen LogP contribution is 2.32. The molecule has 1 N–H and O–H groups in total. The van der Waals surface area contributed by atoms with Gasteiger partial charge in [0.2, 0.25) is 0 Å². The summed E-state index contributed by atoms with van der Waals surface area (Å²) in [4.78, 5) is 12.3. The molecule has 1 aromatic heterocycles. The van der Waals surface area contributed by atoms with E-state index in [1.54, 1.807) is 16.8 Å². The molecule has 142 valence electrons. The molecule has 1 amide bonds. The van der Waals surface area contributed by atoms with Crippen molar-refractivity contribution in [2.45, 2.75) is 0 Å². The Morgan fingerprint density at radius 2 is 1.83 bits per heavy atom. The van der Waals surface area contributed by atoms with Crippen molar-refractivity contribution in [2.75, 3.05) is 5.32 Å². The van der Waals surface area contributed by atoms with Crippen molar-refractivity contribution >= 4 is 23.2 Å². The minimum atomic E-state index is -0.0946. The van der Waals surface area contributed by atoms with Gasteiger partial charge in [-0.25, -0.2) is 4.68 Å². The topological polar surface area (TPSA) is 83.6 Å². The minimum absolute atomic E-state index is 0.0946. The van der Waals surface area contributed by atoms with Crippen LogP contribution in [0.1, 0.15) is 16.7 Å². The van der Waals surface area contributed by atoms with Crippen LogP contribution in [0.4, 0.5) is 5.69 Å². The average Bonchev–Trinajstić information content (AvgIpc) is 3.40. The van der Waals surface area contributed by atoms with Gasteiger partial charge in [-0.3, -0.25) is 4.79 Å². The number of nitrogens with one attached hydrogen (secondary N) is 1. The Hall–Kier alpha value is -4.50. The number of rotatable bonds is 3. The first-order valence-corrected chi connectivity index (χ1v) is 9.37. The molecule has 30 heavy (non-hydrogen) atoms. The zero-order valence-corrected chi connectivity index (χ0v) is 15.8. The molecule has 5 rings (SSSR count). The van der Waals surface area contributed by atoms with Gasteiger partial charge in [0, 0.05) is 22.4 Å². The summed E-state index contributed by atoms with van der Waals surface area (Å²) in [5, 5.41) is 20.4. The lowest BCUT2D eigenvalue weighted by Gasteiger charge is -2.01. The summed E-state index contributed by atoms with van der Waals surface area (Å²) in [6.45, 7) is 0. The van der Waals surface area contributed by atoms with Crippen molar-refractivity contribution in [2.24, 2.45) is 0 Å². The molecule has 0 bridgehead atoms. The van der Waals surface area contributed by atoms with Crippen LogP contribution in [0.3, 0.4) is 0 Å². The van der Waals surface area contributed by atoms with Crippen LogP contribution in [-0.2, 0) is 4.79 Å². The Labute approximate surface area is 172 Å². The summed E-state index contributed by atoms with van der Waals surface area (Å²) in [6.07, 6.45) is 3.71. The summed E-state index contributed by atoms with van der Waals surface area (Å²) in [6, 6.07) is 24.8. The third-order valence-electron chi connectivity index (χ3n) is 4.96. The van der Waals surface area contributed by atoms with Crippen LogP contribution in [0.2, 0.25) is 0 Å². The predicted molar refractivity (Wildman–Crippen MR) is 114 cm³/mol. The molecule has 2 heterocycles. The van der Waals surface area contributed by atoms with Crippen LogP contribution in [-0.4, -0.2) is 20.9 Å². The number of nitrogens with zero attached hydrogens (tertiary/aromatic N) is 4. The number of benzene rings is 3. The zero-order chi connectivity index (χ0) is 20.5. The van der Waals surface area contributed by atoms with E-state index in [-0.39, 0.29) is 5.91 Å². The molecule has 1 aliphatic rings. The highest BCUT2D eigenvalue weighted by Gasteiger charge is 2.23. The number of carbonyl (C=O) groups excluding carboxylic acids is 1. The first kappa shape index (κ1) is 17.6. The van der Waals surface area contributed by atoms with Crippen LogP contribution in [0.25, 0.3) is 28.6 Å². The zero-order valence-electron chi connectivity index (χ0n) is 15.8. The lowest BCUT2D eigenvalue weighted by atomic mass is 10.0. The van der Waals surface area contributed by atoms with E-state index in [0.717, 1.165) is 33.8 Å². The maximum absolute atomic E-state index is 12.3. The second kappa shape index (κ2) is 7.15. The lowest BCUT2D eigenvalue weighted by Crippen LogP contribution is -2.03. The Kier molecular flexibility index (Phi) is 4.19. The monoisotopic (exact) mass is 389 g/mol. The third-order valence-corrected chi connectivity index (χ3v) is 4.96. The maximum atomic E-state index is 12.3. The summed E-state index contributed by atoms with van der Waals surface area (Å²) in [7, 11) is 0. The molecule has 0 radical (unpaired) electrons. The highest BCUT2D eigenvalue weighted by molar-refractivity contribution is 6.34. The van der Waals surface area contributed by atoms with Gasteiger partial charge in [0.05, 0.1) is 23.5 Å². The van der Waals surface area contributed by atoms with Crippen molar-refractivity contribution in [3.05, 3.63) is 95.7 Å². The fourth-order valence-corrected chi connectivity index (χ4v) is 3.44. The highest BCUT2D eigenvalue weighted by atomic mass is 16.2. The molecule has 6 nitrogen and oxygen atoms in total. The van der Waals surface area contributed by atoms with Crippen LogP contribution in [0, 0.1) is 11.3 Å². The molecule has 0 saturated carbocycles. The van der Waals surface area contributed by atoms with E-state index in [4.69, 9.17) is 5.26 Å². The molecular formula is C24H15N5O. The molecule has 0 saturated heterocycles. The van der Waals surface area contributed by atoms with E-state index < -0.39 is 0 Å². The summed E-state index contributed by atoms with van der Waals surface area (Å²) in [5.41, 5.74) is 6.31. The van der Waals surface area contributed by atoms with E-state index in [1.165, 1.54) is 0 Å². The molecule has 0 spiro atoms. The van der Waals surface area contributed by atoms with Gasteiger partial charge in [0.1, 0.15) is 5.69 Å². The first-order valence-electron chi connectivity index (χ1n) is 9.37. The van der Waals surface area contributed by atoms with E-state index in [0.29, 0.717) is 11.1 Å². The number of aromatic nitrogens is 3. The number of hydrogen-bond acceptors (Lipinski definition) is 4. The maximum Gasteiger partial charge on any atom is 0.256 e. The SMILES string of the molecule is N#Cc1cccc(-n2cc(-c3ccc(/C=C4\C(=O)Nc5ccccc54)cc3)nn2)c1. The number of amides is 1. The smallest absolute Gasteiger partial charge is 0.256 e. The molecule has 4 aromatic rings. The standard InChI is InChI=1S/C24H15N5O/c25-14-17-4-3-5-19(12-17)29-15-23(27-28-29)18-10-8-16(9-11-18)13-21-20-6-1-2-7-22(20)26-24(21)30/h1-13,15H,(H,26,30)/b21-13-. The van der Waals surface area contributed by atoms with Gasteiger partial charge in [-0.15, -0.1) is 5.10 Å². The second-order valence-electron chi connectivity index (χ2n) is 6.89. The van der Waals surface area contributed by atoms with Crippen LogP contribution in [0.15, 0.2) is 79.0 Å². The van der Waals surface area contributed by atoms with Gasteiger partial charge in [0.15, 0.2) is 0 Å². The van der Waals surface area contributed by atoms with Gasteiger partial charge in [-0.2, -0.15) is 5.26 Å². The Morgan fingerprint density at radius 3 is 2.67 bits per heavy atom. The number of nitriles is 1. The molecule has 6 heteroatoms. The first-order chi connectivity index (χ1) is 14.7. The van der Waals surface area contributed by atoms with Crippen LogP contribution in [0.5, 0.6) is 0 Å². The number of fused-ring (bicyclic) bond motifs is 1. The van der Waals surface area contributed by atoms with Crippen molar-refractivity contribution < 1.29 is 4.79 Å². The Morgan fingerprint density at radius 1 is 1.00 bits per heavy atom. The van der Waals surface area contributed by atoms with Crippen LogP contribution >= 0.6 is 0 Å². The van der Waals surface area contributed by atoms with Gasteiger partial charge in [-0.1, -0.05) is 53.7 Å². The fraction of sp³-hybridized carbons (Fsp3) is 0. The van der Waals surface area contributed by atoms with Crippen molar-refractivity contribution in [3.8, 4) is 23.0 Å².